The smallest absolute Gasteiger partial charge is 0.163 e. The Labute approximate surface area is 134 Å². The number of halogens is 1. The molecule has 0 unspecified atom stereocenters. The molecule has 0 atom stereocenters. The number of carbonyl (C=O) groups is 1. The van der Waals surface area contributed by atoms with E-state index in [2.05, 4.69) is 0 Å². The van der Waals surface area contributed by atoms with Crippen LogP contribution in [-0.2, 0) is 0 Å². The number of benzene rings is 2. The summed E-state index contributed by atoms with van der Waals surface area (Å²) in [4.78, 5) is 11.6. The number of ketones is 1. The van der Waals surface area contributed by atoms with Crippen molar-refractivity contribution in [1.82, 2.24) is 0 Å². The van der Waals surface area contributed by atoms with Gasteiger partial charge in [-0.05, 0) is 31.2 Å². The summed E-state index contributed by atoms with van der Waals surface area (Å²) in [5.41, 5.74) is 0.513. The number of para-hydroxylation sites is 1. The highest BCUT2D eigenvalue weighted by Crippen LogP contribution is 2.26. The Bertz CT molecular complexity index is 655. The molecule has 0 amide bonds. The van der Waals surface area contributed by atoms with Crippen LogP contribution in [0.1, 0.15) is 17.3 Å². The van der Waals surface area contributed by atoms with Gasteiger partial charge in [0.2, 0.25) is 0 Å². The van der Waals surface area contributed by atoms with E-state index < -0.39 is 0 Å². The fourth-order valence-electron chi connectivity index (χ4n) is 1.90. The molecule has 0 aliphatic rings. The lowest BCUT2D eigenvalue weighted by molar-refractivity contribution is 0.101. The van der Waals surface area contributed by atoms with Gasteiger partial charge in [0.1, 0.15) is 30.5 Å². The number of carbonyl (C=O) groups excluding carboxylic acids is 1. The van der Waals surface area contributed by atoms with Gasteiger partial charge in [0.25, 0.3) is 0 Å². The van der Waals surface area contributed by atoms with E-state index in [1.54, 1.807) is 37.4 Å². The van der Waals surface area contributed by atoms with Crippen LogP contribution in [0, 0.1) is 0 Å². The topological polar surface area (TPSA) is 44.8 Å². The normalized spacial score (nSPS) is 10.1. The quantitative estimate of drug-likeness (QED) is 0.571. The van der Waals surface area contributed by atoms with Gasteiger partial charge in [0, 0.05) is 6.07 Å². The van der Waals surface area contributed by atoms with E-state index in [1.165, 1.54) is 6.92 Å². The van der Waals surface area contributed by atoms with Gasteiger partial charge in [-0.3, -0.25) is 4.79 Å². The zero-order valence-electron chi connectivity index (χ0n) is 12.5. The molecule has 2 rings (SSSR count). The number of ether oxygens (including phenoxy) is 3. The minimum atomic E-state index is -0.0651. The highest BCUT2D eigenvalue weighted by molar-refractivity contribution is 6.32. The molecule has 0 saturated carbocycles. The van der Waals surface area contributed by atoms with E-state index in [0.717, 1.165) is 0 Å². The van der Waals surface area contributed by atoms with Crippen molar-refractivity contribution in [2.45, 2.75) is 6.92 Å². The molecule has 5 heteroatoms. The van der Waals surface area contributed by atoms with Crippen molar-refractivity contribution >= 4 is 17.4 Å². The van der Waals surface area contributed by atoms with Crippen molar-refractivity contribution in [3.8, 4) is 17.2 Å². The van der Waals surface area contributed by atoms with Crippen molar-refractivity contribution in [2.75, 3.05) is 20.3 Å². The molecule has 0 aliphatic carbocycles. The molecule has 2 aromatic carbocycles. The average molecular weight is 321 g/mol. The second-order valence-corrected chi connectivity index (χ2v) is 4.95. The molecule has 0 spiro atoms. The number of Topliss-reactive ketones (excluding diaryl/α,β-unsaturated/α-hetero) is 1. The molecule has 4 nitrogen and oxygen atoms in total. The zero-order chi connectivity index (χ0) is 15.9. The molecule has 0 heterocycles. The van der Waals surface area contributed by atoms with Gasteiger partial charge in [0.05, 0.1) is 17.7 Å². The molecule has 0 aromatic heterocycles. The van der Waals surface area contributed by atoms with Gasteiger partial charge in [0.15, 0.2) is 5.78 Å². The van der Waals surface area contributed by atoms with Crippen LogP contribution in [0.4, 0.5) is 0 Å². The summed E-state index contributed by atoms with van der Waals surface area (Å²) in [6, 6.07) is 12.3. The molecular weight excluding hydrogens is 304 g/mol. The summed E-state index contributed by atoms with van der Waals surface area (Å²) in [6.45, 7) is 2.10. The first-order chi connectivity index (χ1) is 10.6. The van der Waals surface area contributed by atoms with Crippen LogP contribution in [-0.4, -0.2) is 26.1 Å². The molecule has 0 radical (unpaired) electrons. The van der Waals surface area contributed by atoms with E-state index in [4.69, 9.17) is 25.8 Å². The summed E-state index contributed by atoms with van der Waals surface area (Å²) in [7, 11) is 1.56. The third kappa shape index (κ3) is 4.15. The maximum atomic E-state index is 11.6. The third-order valence-electron chi connectivity index (χ3n) is 3.00. The molecule has 2 aromatic rings. The highest BCUT2D eigenvalue weighted by atomic mass is 35.5. The molecule has 0 bridgehead atoms. The Balaban J connectivity index is 1.96. The minimum absolute atomic E-state index is 0.0651. The summed E-state index contributed by atoms with van der Waals surface area (Å²) in [5.74, 6) is 1.65. The first-order valence-electron chi connectivity index (χ1n) is 6.81. The summed E-state index contributed by atoms with van der Waals surface area (Å²) >= 11 is 6.00. The van der Waals surface area contributed by atoms with Gasteiger partial charge in [-0.15, -0.1) is 0 Å². The zero-order valence-corrected chi connectivity index (χ0v) is 13.2. The Hall–Kier alpha value is -2.20. The molecule has 0 fully saturated rings. The van der Waals surface area contributed by atoms with E-state index in [0.29, 0.717) is 41.0 Å². The summed E-state index contributed by atoms with van der Waals surface area (Å²) < 4.78 is 16.3. The molecule has 116 valence electrons. The number of methoxy groups -OCH3 is 1. The average Bonchev–Trinajstić information content (AvgIpc) is 2.52. The van der Waals surface area contributed by atoms with Crippen molar-refractivity contribution in [3.63, 3.8) is 0 Å². The van der Waals surface area contributed by atoms with Crippen LogP contribution >= 0.6 is 11.6 Å². The maximum absolute atomic E-state index is 11.6. The van der Waals surface area contributed by atoms with Gasteiger partial charge in [-0.2, -0.15) is 0 Å². The Morgan fingerprint density at radius 3 is 2.36 bits per heavy atom. The van der Waals surface area contributed by atoms with Crippen LogP contribution in [0.15, 0.2) is 42.5 Å². The number of hydrogen-bond donors (Lipinski definition) is 0. The third-order valence-corrected chi connectivity index (χ3v) is 3.32. The van der Waals surface area contributed by atoms with E-state index in [-0.39, 0.29) is 5.78 Å². The fraction of sp³-hybridized carbons (Fsp3) is 0.235. The highest BCUT2D eigenvalue weighted by Gasteiger charge is 2.10. The maximum Gasteiger partial charge on any atom is 0.163 e. The second-order valence-electron chi connectivity index (χ2n) is 4.55. The summed E-state index contributed by atoms with van der Waals surface area (Å²) in [5, 5.41) is 0.549. The SMILES string of the molecule is COc1ccc(C(C)=O)c(OCCOc2ccccc2Cl)c1. The first-order valence-corrected chi connectivity index (χ1v) is 7.18. The van der Waals surface area contributed by atoms with E-state index in [9.17, 15) is 4.79 Å². The summed E-state index contributed by atoms with van der Waals surface area (Å²) in [6.07, 6.45) is 0. The predicted octanol–water partition coefficient (Wildman–Crippen LogP) is 4.01. The lowest BCUT2D eigenvalue weighted by Gasteiger charge is -2.12. The molecule has 22 heavy (non-hydrogen) atoms. The van der Waals surface area contributed by atoms with Gasteiger partial charge >= 0.3 is 0 Å². The van der Waals surface area contributed by atoms with Crippen LogP contribution in [0.5, 0.6) is 17.2 Å². The molecule has 0 N–H and O–H groups in total. The van der Waals surface area contributed by atoms with Crippen LogP contribution in [0.2, 0.25) is 5.02 Å². The van der Waals surface area contributed by atoms with Crippen molar-refractivity contribution < 1.29 is 19.0 Å². The van der Waals surface area contributed by atoms with Crippen LogP contribution < -0.4 is 14.2 Å². The largest absolute Gasteiger partial charge is 0.497 e. The Morgan fingerprint density at radius 1 is 1.05 bits per heavy atom. The van der Waals surface area contributed by atoms with Crippen molar-refractivity contribution in [2.24, 2.45) is 0 Å². The first kappa shape index (κ1) is 16.2. The van der Waals surface area contributed by atoms with Crippen molar-refractivity contribution in [3.05, 3.63) is 53.1 Å². The minimum Gasteiger partial charge on any atom is -0.497 e. The number of rotatable bonds is 7. The van der Waals surface area contributed by atoms with Gasteiger partial charge < -0.3 is 14.2 Å². The van der Waals surface area contributed by atoms with Gasteiger partial charge in [-0.25, -0.2) is 0 Å². The molecule has 0 aliphatic heterocycles. The standard InChI is InChI=1S/C17H17ClO4/c1-12(19)14-8-7-13(20-2)11-17(14)22-10-9-21-16-6-4-3-5-15(16)18/h3-8,11H,9-10H2,1-2H3. The molecule has 0 saturated heterocycles. The lowest BCUT2D eigenvalue weighted by Crippen LogP contribution is -2.11. The van der Waals surface area contributed by atoms with Crippen molar-refractivity contribution in [1.29, 1.82) is 0 Å². The fourth-order valence-corrected chi connectivity index (χ4v) is 2.10. The monoisotopic (exact) mass is 320 g/mol. The van der Waals surface area contributed by atoms with E-state index in [1.807, 2.05) is 12.1 Å². The van der Waals surface area contributed by atoms with Crippen LogP contribution in [0.3, 0.4) is 0 Å². The Kier molecular flexibility index (Phi) is 5.67. The lowest BCUT2D eigenvalue weighted by atomic mass is 10.1. The van der Waals surface area contributed by atoms with Crippen LogP contribution in [0.25, 0.3) is 0 Å². The predicted molar refractivity (Wildman–Crippen MR) is 85.4 cm³/mol. The Morgan fingerprint density at radius 2 is 1.73 bits per heavy atom. The second kappa shape index (κ2) is 7.71. The molecular formula is C17H17ClO4. The van der Waals surface area contributed by atoms with Gasteiger partial charge in [-0.1, -0.05) is 23.7 Å². The van der Waals surface area contributed by atoms with E-state index >= 15 is 0 Å². The number of hydrogen-bond acceptors (Lipinski definition) is 4.